The monoisotopic (exact) mass is 346 g/mol. The molecule has 2 aromatic carbocycles. The second-order valence-electron chi connectivity index (χ2n) is 6.91. The Hall–Kier alpha value is -2.39. The summed E-state index contributed by atoms with van der Waals surface area (Å²) in [5.41, 5.74) is 9.11. The summed E-state index contributed by atoms with van der Waals surface area (Å²) in [7, 11) is 0. The Morgan fingerprint density at radius 1 is 0.920 bits per heavy atom. The largest absolute Gasteiger partial charge is 0.351 e. The summed E-state index contributed by atoms with van der Waals surface area (Å²) in [5, 5.41) is 7.57. The van der Waals surface area contributed by atoms with Gasteiger partial charge in [-0.15, -0.1) is 0 Å². The molecule has 0 saturated heterocycles. The standard InChI is InChI=1S/C22H22N2S/c1-14-3-7-16(8-4-14)13-18-11-12-19-20(18)21(24-22(25)23-19)17-9-5-15(2)6-10-17/h3-10,13,21H,11-12H2,1-2H3,(H2,23,24,25)/b18-13-/t21-/m1/s1. The summed E-state index contributed by atoms with van der Waals surface area (Å²) < 4.78 is 0. The Labute approximate surface area is 154 Å². The average molecular weight is 346 g/mol. The van der Waals surface area contributed by atoms with Crippen molar-refractivity contribution in [1.82, 2.24) is 10.6 Å². The van der Waals surface area contributed by atoms with Crippen LogP contribution in [0.1, 0.15) is 41.1 Å². The van der Waals surface area contributed by atoms with Gasteiger partial charge in [0, 0.05) is 11.3 Å². The van der Waals surface area contributed by atoms with E-state index >= 15 is 0 Å². The molecule has 0 unspecified atom stereocenters. The quantitative estimate of drug-likeness (QED) is 0.752. The van der Waals surface area contributed by atoms with E-state index in [0.717, 1.165) is 18.0 Å². The first-order valence-corrected chi connectivity index (χ1v) is 9.16. The van der Waals surface area contributed by atoms with Gasteiger partial charge in [-0.05, 0) is 55.6 Å². The van der Waals surface area contributed by atoms with Gasteiger partial charge in [0.2, 0.25) is 0 Å². The highest BCUT2D eigenvalue weighted by Gasteiger charge is 2.32. The summed E-state index contributed by atoms with van der Waals surface area (Å²) in [4.78, 5) is 0. The van der Waals surface area contributed by atoms with E-state index in [2.05, 4.69) is 79.1 Å². The van der Waals surface area contributed by atoms with Crippen molar-refractivity contribution < 1.29 is 0 Å². The van der Waals surface area contributed by atoms with Crippen LogP contribution in [0.25, 0.3) is 6.08 Å². The van der Waals surface area contributed by atoms with E-state index in [0.29, 0.717) is 0 Å². The zero-order valence-corrected chi connectivity index (χ0v) is 15.4. The summed E-state index contributed by atoms with van der Waals surface area (Å²) in [6.07, 6.45) is 4.40. The predicted molar refractivity (Wildman–Crippen MR) is 108 cm³/mol. The smallest absolute Gasteiger partial charge is 0.171 e. The predicted octanol–water partition coefficient (Wildman–Crippen LogP) is 4.95. The Balaban J connectivity index is 1.75. The van der Waals surface area contributed by atoms with Crippen molar-refractivity contribution in [3.05, 3.63) is 87.6 Å². The van der Waals surface area contributed by atoms with Crippen molar-refractivity contribution in [1.29, 1.82) is 0 Å². The molecule has 0 bridgehead atoms. The second-order valence-corrected chi connectivity index (χ2v) is 7.32. The second kappa shape index (κ2) is 6.49. The van der Waals surface area contributed by atoms with Crippen LogP contribution in [0.5, 0.6) is 0 Å². The number of aryl methyl sites for hydroxylation is 2. The number of benzene rings is 2. The molecule has 1 aliphatic carbocycles. The molecular formula is C22H22N2S. The maximum Gasteiger partial charge on any atom is 0.171 e. The fourth-order valence-electron chi connectivity index (χ4n) is 3.61. The van der Waals surface area contributed by atoms with Gasteiger partial charge in [-0.3, -0.25) is 0 Å². The van der Waals surface area contributed by atoms with Gasteiger partial charge >= 0.3 is 0 Å². The lowest BCUT2D eigenvalue weighted by Crippen LogP contribution is -2.42. The third-order valence-electron chi connectivity index (χ3n) is 4.97. The highest BCUT2D eigenvalue weighted by atomic mass is 32.1. The first-order valence-electron chi connectivity index (χ1n) is 8.75. The molecule has 0 amide bonds. The van der Waals surface area contributed by atoms with Crippen LogP contribution >= 0.6 is 12.2 Å². The minimum atomic E-state index is 0.128. The molecule has 0 saturated carbocycles. The number of allylic oxidation sites excluding steroid dienone is 1. The van der Waals surface area contributed by atoms with Gasteiger partial charge in [0.15, 0.2) is 5.11 Å². The van der Waals surface area contributed by atoms with Crippen LogP contribution in [0.4, 0.5) is 0 Å². The molecule has 126 valence electrons. The van der Waals surface area contributed by atoms with Gasteiger partial charge in [-0.1, -0.05) is 65.7 Å². The topological polar surface area (TPSA) is 24.1 Å². The third-order valence-corrected chi connectivity index (χ3v) is 5.19. The van der Waals surface area contributed by atoms with Crippen LogP contribution in [0, 0.1) is 13.8 Å². The number of nitrogens with one attached hydrogen (secondary N) is 2. The molecule has 2 nitrogen and oxygen atoms in total. The molecule has 3 heteroatoms. The van der Waals surface area contributed by atoms with Crippen LogP contribution in [0.3, 0.4) is 0 Å². The molecule has 1 atom stereocenters. The van der Waals surface area contributed by atoms with Gasteiger partial charge in [0.05, 0.1) is 6.04 Å². The normalized spacial score (nSPS) is 21.1. The molecule has 1 aliphatic heterocycles. The zero-order valence-electron chi connectivity index (χ0n) is 14.6. The Morgan fingerprint density at radius 2 is 1.56 bits per heavy atom. The lowest BCUT2D eigenvalue weighted by atomic mass is 9.91. The van der Waals surface area contributed by atoms with E-state index in [9.17, 15) is 0 Å². The number of thiocarbonyl (C=S) groups is 1. The van der Waals surface area contributed by atoms with Gasteiger partial charge < -0.3 is 10.6 Å². The molecular weight excluding hydrogens is 324 g/mol. The van der Waals surface area contributed by atoms with Crippen LogP contribution in [0.2, 0.25) is 0 Å². The van der Waals surface area contributed by atoms with Crippen molar-refractivity contribution in [3.8, 4) is 0 Å². The SMILES string of the molecule is Cc1ccc(/C=C2/CCC3=C2[C@@H](c2ccc(C)cc2)NC(=S)N3)cc1. The van der Waals surface area contributed by atoms with Crippen molar-refractivity contribution in [3.63, 3.8) is 0 Å². The molecule has 4 rings (SSSR count). The molecule has 0 radical (unpaired) electrons. The molecule has 25 heavy (non-hydrogen) atoms. The van der Waals surface area contributed by atoms with Gasteiger partial charge in [-0.25, -0.2) is 0 Å². The number of rotatable bonds is 2. The van der Waals surface area contributed by atoms with Crippen LogP contribution in [0.15, 0.2) is 65.4 Å². The minimum Gasteiger partial charge on any atom is -0.351 e. The first kappa shape index (κ1) is 16.1. The number of hydrogen-bond donors (Lipinski definition) is 2. The average Bonchev–Trinajstić information content (AvgIpc) is 2.99. The Bertz CT molecular complexity index is 873. The third kappa shape index (κ3) is 3.24. The molecule has 1 heterocycles. The van der Waals surface area contributed by atoms with E-state index in [1.54, 1.807) is 0 Å². The summed E-state index contributed by atoms with van der Waals surface area (Å²) in [6, 6.07) is 17.6. The Kier molecular flexibility index (Phi) is 4.18. The van der Waals surface area contributed by atoms with Crippen molar-refractivity contribution in [2.45, 2.75) is 32.7 Å². The molecule has 2 aromatic rings. The Morgan fingerprint density at radius 3 is 2.24 bits per heavy atom. The lowest BCUT2D eigenvalue weighted by Gasteiger charge is -2.30. The maximum absolute atomic E-state index is 5.44. The van der Waals surface area contributed by atoms with Crippen molar-refractivity contribution in [2.75, 3.05) is 0 Å². The minimum absolute atomic E-state index is 0.128. The lowest BCUT2D eigenvalue weighted by molar-refractivity contribution is 0.707. The van der Waals surface area contributed by atoms with Crippen LogP contribution in [-0.4, -0.2) is 5.11 Å². The van der Waals surface area contributed by atoms with Crippen LogP contribution < -0.4 is 10.6 Å². The molecule has 2 aliphatic rings. The van der Waals surface area contributed by atoms with E-state index in [1.165, 1.54) is 39.1 Å². The molecule has 0 spiro atoms. The van der Waals surface area contributed by atoms with E-state index in [1.807, 2.05) is 0 Å². The van der Waals surface area contributed by atoms with Crippen molar-refractivity contribution in [2.24, 2.45) is 0 Å². The van der Waals surface area contributed by atoms with Crippen LogP contribution in [-0.2, 0) is 0 Å². The molecule has 0 fully saturated rings. The van der Waals surface area contributed by atoms with E-state index < -0.39 is 0 Å². The molecule has 2 N–H and O–H groups in total. The first-order chi connectivity index (χ1) is 12.1. The van der Waals surface area contributed by atoms with Gasteiger partial charge in [0.1, 0.15) is 0 Å². The molecule has 0 aromatic heterocycles. The van der Waals surface area contributed by atoms with Crippen molar-refractivity contribution >= 4 is 23.4 Å². The summed E-state index contributed by atoms with van der Waals surface area (Å²) in [5.74, 6) is 0. The maximum atomic E-state index is 5.44. The fourth-order valence-corrected chi connectivity index (χ4v) is 3.85. The van der Waals surface area contributed by atoms with Gasteiger partial charge in [-0.2, -0.15) is 0 Å². The summed E-state index contributed by atoms with van der Waals surface area (Å²) in [6.45, 7) is 4.24. The van der Waals surface area contributed by atoms with E-state index in [4.69, 9.17) is 12.2 Å². The summed E-state index contributed by atoms with van der Waals surface area (Å²) >= 11 is 5.44. The fraction of sp³-hybridized carbons (Fsp3) is 0.227. The van der Waals surface area contributed by atoms with E-state index in [-0.39, 0.29) is 6.04 Å². The zero-order chi connectivity index (χ0) is 17.4. The van der Waals surface area contributed by atoms with Gasteiger partial charge in [0.25, 0.3) is 0 Å². The number of hydrogen-bond acceptors (Lipinski definition) is 1. The highest BCUT2D eigenvalue weighted by molar-refractivity contribution is 7.80. The highest BCUT2D eigenvalue weighted by Crippen LogP contribution is 2.41.